The van der Waals surface area contributed by atoms with Gasteiger partial charge in [0.25, 0.3) is 0 Å². The van der Waals surface area contributed by atoms with E-state index in [0.29, 0.717) is 0 Å². The van der Waals surface area contributed by atoms with Gasteiger partial charge in [-0.25, -0.2) is 0 Å². The highest BCUT2D eigenvalue weighted by Crippen LogP contribution is 2.48. The third-order valence-corrected chi connectivity index (χ3v) is 3.80. The molecule has 0 aromatic heterocycles. The van der Waals surface area contributed by atoms with Crippen LogP contribution in [0.1, 0.15) is 37.3 Å². The molecule has 2 aliphatic rings. The molecule has 3 rings (SSSR count). The number of ether oxygens (including phenoxy) is 2. The van der Waals surface area contributed by atoms with E-state index < -0.39 is 0 Å². The minimum atomic E-state index is 0.0266. The lowest BCUT2D eigenvalue weighted by molar-refractivity contribution is -0.0330. The molecule has 16 heavy (non-hydrogen) atoms. The fourth-order valence-corrected chi connectivity index (χ4v) is 2.70. The molecule has 86 valence electrons. The lowest BCUT2D eigenvalue weighted by Gasteiger charge is -2.47. The van der Waals surface area contributed by atoms with Crippen molar-refractivity contribution in [2.45, 2.75) is 37.3 Å². The van der Waals surface area contributed by atoms with Crippen LogP contribution in [0.4, 0.5) is 0 Å². The van der Waals surface area contributed by atoms with Gasteiger partial charge in [0.1, 0.15) is 17.1 Å². The molecule has 1 aliphatic carbocycles. The lowest BCUT2D eigenvalue weighted by Crippen LogP contribution is -2.48. The Morgan fingerprint density at radius 1 is 1.44 bits per heavy atom. The Bertz CT molecular complexity index is 412. The first kappa shape index (κ1) is 9.97. The van der Waals surface area contributed by atoms with Crippen molar-refractivity contribution in [3.63, 3.8) is 0 Å². The average molecular weight is 219 g/mol. The number of rotatable bonds is 1. The van der Waals surface area contributed by atoms with Gasteiger partial charge in [0, 0.05) is 24.1 Å². The summed E-state index contributed by atoms with van der Waals surface area (Å²) in [6.07, 6.45) is 4.48. The molecular formula is C13H17NO2. The fourth-order valence-electron chi connectivity index (χ4n) is 2.70. The van der Waals surface area contributed by atoms with Crippen molar-refractivity contribution < 1.29 is 9.47 Å². The highest BCUT2D eigenvalue weighted by atomic mass is 16.5. The summed E-state index contributed by atoms with van der Waals surface area (Å²) < 4.78 is 11.3. The molecule has 2 N–H and O–H groups in total. The molecule has 1 heterocycles. The van der Waals surface area contributed by atoms with Crippen LogP contribution in [0, 0.1) is 0 Å². The SMILES string of the molecule is COc1ccc2c(c1)OC1(CCC1)C[C@H]2N. The number of methoxy groups -OCH3 is 1. The summed E-state index contributed by atoms with van der Waals surface area (Å²) in [6, 6.07) is 6.02. The van der Waals surface area contributed by atoms with Crippen LogP contribution in [-0.4, -0.2) is 12.7 Å². The molecular weight excluding hydrogens is 202 g/mol. The second kappa shape index (κ2) is 3.39. The summed E-state index contributed by atoms with van der Waals surface area (Å²) in [7, 11) is 1.67. The summed E-state index contributed by atoms with van der Waals surface area (Å²) in [4.78, 5) is 0. The van der Waals surface area contributed by atoms with Crippen molar-refractivity contribution in [1.29, 1.82) is 0 Å². The fraction of sp³-hybridized carbons (Fsp3) is 0.538. The molecule has 1 spiro atoms. The zero-order valence-corrected chi connectivity index (χ0v) is 9.53. The minimum absolute atomic E-state index is 0.0266. The van der Waals surface area contributed by atoms with Crippen molar-refractivity contribution in [2.24, 2.45) is 5.73 Å². The molecule has 0 amide bonds. The van der Waals surface area contributed by atoms with Crippen molar-refractivity contribution in [2.75, 3.05) is 7.11 Å². The largest absolute Gasteiger partial charge is 0.497 e. The van der Waals surface area contributed by atoms with E-state index in [4.69, 9.17) is 15.2 Å². The van der Waals surface area contributed by atoms with Crippen LogP contribution in [0.5, 0.6) is 11.5 Å². The number of hydrogen-bond donors (Lipinski definition) is 1. The molecule has 0 saturated heterocycles. The van der Waals surface area contributed by atoms with Gasteiger partial charge in [-0.2, -0.15) is 0 Å². The lowest BCUT2D eigenvalue weighted by atomic mass is 9.73. The molecule has 0 unspecified atom stereocenters. The standard InChI is InChI=1S/C13H17NO2/c1-15-9-3-4-10-11(14)8-13(5-2-6-13)16-12(10)7-9/h3-4,7,11H,2,5-6,8,14H2,1H3/t11-/m1/s1. The van der Waals surface area contributed by atoms with Crippen LogP contribution in [0.3, 0.4) is 0 Å². The Hall–Kier alpha value is -1.22. The molecule has 1 aromatic carbocycles. The zero-order valence-electron chi connectivity index (χ0n) is 9.53. The normalized spacial score (nSPS) is 25.5. The van der Waals surface area contributed by atoms with Crippen LogP contribution in [0.2, 0.25) is 0 Å². The third-order valence-electron chi connectivity index (χ3n) is 3.80. The van der Waals surface area contributed by atoms with Gasteiger partial charge in [-0.1, -0.05) is 6.07 Å². The van der Waals surface area contributed by atoms with Gasteiger partial charge in [-0.05, 0) is 25.3 Å². The average Bonchev–Trinajstić information content (AvgIpc) is 2.26. The smallest absolute Gasteiger partial charge is 0.128 e. The van der Waals surface area contributed by atoms with Gasteiger partial charge in [0.15, 0.2) is 0 Å². The second-order valence-electron chi connectivity index (χ2n) is 4.85. The van der Waals surface area contributed by atoms with E-state index in [1.54, 1.807) is 7.11 Å². The monoisotopic (exact) mass is 219 g/mol. The third kappa shape index (κ3) is 1.39. The Morgan fingerprint density at radius 3 is 2.88 bits per heavy atom. The highest BCUT2D eigenvalue weighted by molar-refractivity contribution is 5.44. The van der Waals surface area contributed by atoms with Crippen molar-refractivity contribution in [1.82, 2.24) is 0 Å². The Kier molecular flexibility index (Phi) is 2.11. The summed E-state index contributed by atoms with van der Waals surface area (Å²) in [5.74, 6) is 1.75. The predicted molar refractivity (Wildman–Crippen MR) is 61.7 cm³/mol. The van der Waals surface area contributed by atoms with Gasteiger partial charge >= 0.3 is 0 Å². The predicted octanol–water partition coefficient (Wildman–Crippen LogP) is 2.40. The molecule has 0 bridgehead atoms. The van der Waals surface area contributed by atoms with Crippen LogP contribution in [0.15, 0.2) is 18.2 Å². The summed E-state index contributed by atoms with van der Waals surface area (Å²) >= 11 is 0. The van der Waals surface area contributed by atoms with E-state index in [0.717, 1.165) is 36.3 Å². The maximum atomic E-state index is 6.20. The van der Waals surface area contributed by atoms with E-state index in [9.17, 15) is 0 Å². The first-order valence-electron chi connectivity index (χ1n) is 5.85. The van der Waals surface area contributed by atoms with Crippen molar-refractivity contribution in [3.05, 3.63) is 23.8 Å². The number of fused-ring (bicyclic) bond motifs is 1. The highest BCUT2D eigenvalue weighted by Gasteiger charge is 2.44. The van der Waals surface area contributed by atoms with Gasteiger partial charge in [0.2, 0.25) is 0 Å². The Balaban J connectivity index is 1.98. The quantitative estimate of drug-likeness (QED) is 0.788. The van der Waals surface area contributed by atoms with E-state index in [2.05, 4.69) is 0 Å². The summed E-state index contributed by atoms with van der Waals surface area (Å²) in [5, 5.41) is 0. The second-order valence-corrected chi connectivity index (χ2v) is 4.85. The summed E-state index contributed by atoms with van der Waals surface area (Å²) in [5.41, 5.74) is 7.34. The van der Waals surface area contributed by atoms with Gasteiger partial charge in [-0.3, -0.25) is 0 Å². The van der Waals surface area contributed by atoms with Crippen molar-refractivity contribution >= 4 is 0 Å². The molecule has 1 aromatic rings. The molecule has 1 saturated carbocycles. The van der Waals surface area contributed by atoms with Gasteiger partial charge < -0.3 is 15.2 Å². The zero-order chi connectivity index (χ0) is 11.2. The van der Waals surface area contributed by atoms with Crippen LogP contribution >= 0.6 is 0 Å². The van der Waals surface area contributed by atoms with E-state index >= 15 is 0 Å². The molecule has 3 heteroatoms. The number of benzene rings is 1. The van der Waals surface area contributed by atoms with E-state index in [1.165, 1.54) is 6.42 Å². The van der Waals surface area contributed by atoms with Crippen LogP contribution in [0.25, 0.3) is 0 Å². The van der Waals surface area contributed by atoms with E-state index in [-0.39, 0.29) is 11.6 Å². The van der Waals surface area contributed by atoms with Crippen LogP contribution < -0.4 is 15.2 Å². The van der Waals surface area contributed by atoms with Crippen molar-refractivity contribution in [3.8, 4) is 11.5 Å². The first-order valence-corrected chi connectivity index (χ1v) is 5.85. The maximum absolute atomic E-state index is 6.20. The van der Waals surface area contributed by atoms with Gasteiger partial charge in [-0.15, -0.1) is 0 Å². The number of nitrogens with two attached hydrogens (primary N) is 1. The Labute approximate surface area is 95.5 Å². The maximum Gasteiger partial charge on any atom is 0.128 e. The topological polar surface area (TPSA) is 44.5 Å². The molecule has 1 atom stereocenters. The molecule has 1 fully saturated rings. The van der Waals surface area contributed by atoms with Gasteiger partial charge in [0.05, 0.1) is 7.11 Å². The molecule has 3 nitrogen and oxygen atoms in total. The minimum Gasteiger partial charge on any atom is -0.497 e. The first-order chi connectivity index (χ1) is 7.72. The summed E-state index contributed by atoms with van der Waals surface area (Å²) in [6.45, 7) is 0. The van der Waals surface area contributed by atoms with E-state index in [1.807, 2.05) is 18.2 Å². The van der Waals surface area contributed by atoms with Crippen LogP contribution in [-0.2, 0) is 0 Å². The number of hydrogen-bond acceptors (Lipinski definition) is 3. The molecule has 1 aliphatic heterocycles. The Morgan fingerprint density at radius 2 is 2.25 bits per heavy atom. The molecule has 0 radical (unpaired) electrons.